The summed E-state index contributed by atoms with van der Waals surface area (Å²) in [5.41, 5.74) is 0.636. The van der Waals surface area contributed by atoms with Crippen LogP contribution in [0.2, 0.25) is 5.02 Å². The van der Waals surface area contributed by atoms with Crippen molar-refractivity contribution < 1.29 is 21.4 Å². The summed E-state index contributed by atoms with van der Waals surface area (Å²) in [5.74, 6) is 0.352. The van der Waals surface area contributed by atoms with Gasteiger partial charge in [0, 0.05) is 16.8 Å². The van der Waals surface area contributed by atoms with Crippen LogP contribution in [0.1, 0.15) is 5.89 Å². The molecule has 2 aromatic carbocycles. The molecule has 0 unspecified atom stereocenters. The predicted octanol–water partition coefficient (Wildman–Crippen LogP) is 2.27. The van der Waals surface area contributed by atoms with Crippen LogP contribution in [0, 0.1) is 0 Å². The third-order valence-electron chi connectivity index (χ3n) is 3.53. The number of nitrogens with zero attached hydrogens (tertiary/aromatic N) is 2. The fourth-order valence-electron chi connectivity index (χ4n) is 2.18. The van der Waals surface area contributed by atoms with E-state index in [1.165, 1.54) is 24.3 Å². The zero-order valence-corrected chi connectivity index (χ0v) is 16.3. The van der Waals surface area contributed by atoms with Gasteiger partial charge in [-0.15, -0.1) is 0 Å². The van der Waals surface area contributed by atoms with Crippen LogP contribution in [0.3, 0.4) is 0 Å². The van der Waals surface area contributed by atoms with E-state index in [0.717, 1.165) is 6.26 Å². The second-order valence-corrected chi connectivity index (χ2v) is 9.81. The highest BCUT2D eigenvalue weighted by Gasteiger charge is 2.17. The summed E-state index contributed by atoms with van der Waals surface area (Å²) in [4.78, 5) is 4.07. The van der Waals surface area contributed by atoms with Gasteiger partial charge in [0.25, 0.3) is 0 Å². The fraction of sp³-hybridized carbons (Fsp3) is 0.125. The van der Waals surface area contributed by atoms with E-state index >= 15 is 0 Å². The number of sulfonamides is 1. The Morgan fingerprint density at radius 2 is 1.70 bits per heavy atom. The van der Waals surface area contributed by atoms with Gasteiger partial charge in [-0.3, -0.25) is 0 Å². The largest absolute Gasteiger partial charge is 0.338 e. The Bertz CT molecular complexity index is 1170. The van der Waals surface area contributed by atoms with Gasteiger partial charge in [-0.2, -0.15) is 4.98 Å². The number of rotatable bonds is 6. The number of nitrogens with one attached hydrogen (secondary N) is 1. The van der Waals surface area contributed by atoms with Crippen molar-refractivity contribution in [3.05, 3.63) is 59.4 Å². The molecule has 3 rings (SSSR count). The highest BCUT2D eigenvalue weighted by atomic mass is 35.5. The van der Waals surface area contributed by atoms with Crippen LogP contribution < -0.4 is 4.72 Å². The maximum atomic E-state index is 12.3. The van der Waals surface area contributed by atoms with Crippen LogP contribution in [-0.4, -0.2) is 33.2 Å². The molecule has 1 N–H and O–H groups in total. The Morgan fingerprint density at radius 3 is 2.33 bits per heavy atom. The number of benzene rings is 2. The van der Waals surface area contributed by atoms with Crippen molar-refractivity contribution in [3.63, 3.8) is 0 Å². The average Bonchev–Trinajstić information content (AvgIpc) is 3.09. The van der Waals surface area contributed by atoms with Crippen molar-refractivity contribution in [1.82, 2.24) is 14.9 Å². The molecule has 27 heavy (non-hydrogen) atoms. The van der Waals surface area contributed by atoms with Crippen LogP contribution in [-0.2, 0) is 26.4 Å². The minimum atomic E-state index is -3.88. The fourth-order valence-corrected chi connectivity index (χ4v) is 3.97. The molecule has 11 heteroatoms. The lowest BCUT2D eigenvalue weighted by atomic mass is 10.2. The number of halogens is 1. The molecule has 3 aromatic rings. The molecule has 0 atom stereocenters. The summed E-state index contributed by atoms with van der Waals surface area (Å²) in [6.07, 6.45) is 1.04. The van der Waals surface area contributed by atoms with Crippen LogP contribution >= 0.6 is 11.6 Å². The van der Waals surface area contributed by atoms with E-state index in [1.54, 1.807) is 24.3 Å². The lowest BCUT2D eigenvalue weighted by Gasteiger charge is -2.05. The molecule has 1 heterocycles. The zero-order chi connectivity index (χ0) is 19.7. The molecule has 0 radical (unpaired) electrons. The number of aromatic nitrogens is 2. The molecule has 0 saturated heterocycles. The van der Waals surface area contributed by atoms with Gasteiger partial charge in [0.05, 0.1) is 16.3 Å². The molecule has 0 saturated carbocycles. The molecule has 0 aliphatic heterocycles. The van der Waals surface area contributed by atoms with Gasteiger partial charge in [-0.25, -0.2) is 21.6 Å². The molecular weight excluding hydrogens is 414 g/mol. The Morgan fingerprint density at radius 1 is 1.04 bits per heavy atom. The third kappa shape index (κ3) is 4.72. The Balaban J connectivity index is 1.72. The first kappa shape index (κ1) is 19.5. The summed E-state index contributed by atoms with van der Waals surface area (Å²) >= 11 is 5.91. The monoisotopic (exact) mass is 427 g/mol. The van der Waals surface area contributed by atoms with E-state index in [1.807, 2.05) is 0 Å². The van der Waals surface area contributed by atoms with Crippen LogP contribution in [0.5, 0.6) is 0 Å². The van der Waals surface area contributed by atoms with E-state index in [9.17, 15) is 16.8 Å². The molecule has 0 aliphatic carbocycles. The lowest BCUT2D eigenvalue weighted by molar-refractivity contribution is 0.376. The minimum Gasteiger partial charge on any atom is -0.338 e. The summed E-state index contributed by atoms with van der Waals surface area (Å²) in [6.45, 7) is -0.219. The van der Waals surface area contributed by atoms with Crippen molar-refractivity contribution in [1.29, 1.82) is 0 Å². The molecule has 142 valence electrons. The van der Waals surface area contributed by atoms with E-state index in [2.05, 4.69) is 14.9 Å². The van der Waals surface area contributed by atoms with Gasteiger partial charge in [0.2, 0.25) is 21.7 Å². The van der Waals surface area contributed by atoms with Gasteiger partial charge in [-0.05, 0) is 36.4 Å². The molecule has 1 aromatic heterocycles. The first-order valence-corrected chi connectivity index (χ1v) is 11.3. The van der Waals surface area contributed by atoms with Crippen molar-refractivity contribution in [2.45, 2.75) is 16.3 Å². The number of hydrogen-bond acceptors (Lipinski definition) is 7. The SMILES string of the molecule is CS(=O)(=O)c1ccc(S(=O)(=O)NCc2nc(-c3cccc(Cl)c3)no2)cc1. The smallest absolute Gasteiger partial charge is 0.242 e. The van der Waals surface area contributed by atoms with Crippen molar-refractivity contribution in [3.8, 4) is 11.4 Å². The van der Waals surface area contributed by atoms with Gasteiger partial charge in [0.15, 0.2) is 9.84 Å². The van der Waals surface area contributed by atoms with Crippen LogP contribution in [0.25, 0.3) is 11.4 Å². The highest BCUT2D eigenvalue weighted by Crippen LogP contribution is 2.20. The first-order chi connectivity index (χ1) is 12.6. The second-order valence-electron chi connectivity index (χ2n) is 5.59. The van der Waals surface area contributed by atoms with E-state index in [-0.39, 0.29) is 28.1 Å². The van der Waals surface area contributed by atoms with E-state index < -0.39 is 19.9 Å². The third-order valence-corrected chi connectivity index (χ3v) is 6.31. The number of hydrogen-bond donors (Lipinski definition) is 1. The molecule has 0 aliphatic rings. The molecule has 0 spiro atoms. The van der Waals surface area contributed by atoms with Crippen LogP contribution in [0.15, 0.2) is 62.8 Å². The molecule has 8 nitrogen and oxygen atoms in total. The van der Waals surface area contributed by atoms with Gasteiger partial charge in [0.1, 0.15) is 0 Å². The van der Waals surface area contributed by atoms with Crippen molar-refractivity contribution in [2.24, 2.45) is 0 Å². The minimum absolute atomic E-state index is 0.0320. The molecular formula is C16H14ClN3O5S2. The molecule has 0 bridgehead atoms. The van der Waals surface area contributed by atoms with Crippen molar-refractivity contribution >= 4 is 31.5 Å². The topological polar surface area (TPSA) is 119 Å². The quantitative estimate of drug-likeness (QED) is 0.640. The van der Waals surface area contributed by atoms with Crippen LogP contribution in [0.4, 0.5) is 0 Å². The van der Waals surface area contributed by atoms with Gasteiger partial charge < -0.3 is 4.52 Å². The lowest BCUT2D eigenvalue weighted by Crippen LogP contribution is -2.23. The van der Waals surface area contributed by atoms with Gasteiger partial charge in [-0.1, -0.05) is 28.9 Å². The summed E-state index contributed by atoms with van der Waals surface area (Å²) < 4.78 is 54.9. The maximum Gasteiger partial charge on any atom is 0.242 e. The van der Waals surface area contributed by atoms with E-state index in [4.69, 9.17) is 16.1 Å². The normalized spacial score (nSPS) is 12.2. The summed E-state index contributed by atoms with van der Waals surface area (Å²) in [7, 11) is -7.28. The maximum absolute atomic E-state index is 12.3. The Hall–Kier alpha value is -2.27. The standard InChI is InChI=1S/C16H14ClN3O5S2/c1-26(21,22)13-5-7-14(8-6-13)27(23,24)18-10-15-19-16(20-25-15)11-3-2-4-12(17)9-11/h2-9,18H,10H2,1H3. The molecule has 0 fully saturated rings. The summed E-state index contributed by atoms with van der Waals surface area (Å²) in [5, 5.41) is 4.30. The van der Waals surface area contributed by atoms with Crippen molar-refractivity contribution in [2.75, 3.05) is 6.26 Å². The Labute approximate surface area is 161 Å². The predicted molar refractivity (Wildman–Crippen MR) is 98.3 cm³/mol. The molecule has 0 amide bonds. The van der Waals surface area contributed by atoms with E-state index in [0.29, 0.717) is 10.6 Å². The second kappa shape index (κ2) is 7.39. The zero-order valence-electron chi connectivity index (χ0n) is 14.0. The van der Waals surface area contributed by atoms with Gasteiger partial charge >= 0.3 is 0 Å². The summed E-state index contributed by atoms with van der Waals surface area (Å²) in [6, 6.07) is 11.7. The first-order valence-electron chi connectivity index (χ1n) is 7.53. The Kier molecular flexibility index (Phi) is 5.33. The number of sulfone groups is 1. The average molecular weight is 428 g/mol. The highest BCUT2D eigenvalue weighted by molar-refractivity contribution is 7.90.